The lowest BCUT2D eigenvalue weighted by Gasteiger charge is -2.25. The van der Waals surface area contributed by atoms with Crippen LogP contribution in [0.15, 0.2) is 85.1 Å². The average molecular weight is 1250 g/mol. The number of hydrogen-bond acceptors (Lipinski definition) is 7. The maximum Gasteiger partial charge on any atom is 0.361 e. The van der Waals surface area contributed by atoms with Crippen LogP contribution in [0, 0.1) is 0 Å². The number of nitrogens with zero attached hydrogens (tertiary/aromatic N) is 1. The smallest absolute Gasteiger partial charge is 0.361 e. The van der Waals surface area contributed by atoms with E-state index in [2.05, 4.69) is 98.9 Å². The van der Waals surface area contributed by atoms with Gasteiger partial charge in [0.25, 0.3) is 6.29 Å². The number of aliphatic carboxylic acids is 1. The monoisotopic (exact) mass is 1250 g/mol. The van der Waals surface area contributed by atoms with Gasteiger partial charge in [-0.2, -0.15) is 0 Å². The van der Waals surface area contributed by atoms with Crippen molar-refractivity contribution >= 4 is 17.9 Å². The van der Waals surface area contributed by atoms with Crippen molar-refractivity contribution in [3.8, 4) is 0 Å². The van der Waals surface area contributed by atoms with Gasteiger partial charge in [-0.05, 0) is 89.9 Å². The van der Waals surface area contributed by atoms with Gasteiger partial charge in [0.1, 0.15) is 13.2 Å². The van der Waals surface area contributed by atoms with Crippen LogP contribution in [-0.2, 0) is 33.3 Å². The van der Waals surface area contributed by atoms with Crippen LogP contribution in [0.5, 0.6) is 0 Å². The summed E-state index contributed by atoms with van der Waals surface area (Å²) in [4.78, 5) is 37.7. The zero-order valence-electron chi connectivity index (χ0n) is 59.1. The molecule has 0 aliphatic carbocycles. The summed E-state index contributed by atoms with van der Waals surface area (Å²) in [6.07, 6.45) is 92.9. The number of likely N-dealkylation sites (N-methyl/N-ethyl adjacent to an activating group) is 1. The van der Waals surface area contributed by atoms with E-state index >= 15 is 0 Å². The summed E-state index contributed by atoms with van der Waals surface area (Å²) in [7, 11) is 5.99. The average Bonchev–Trinajstić information content (AvgIpc) is 3.64. The third-order valence-corrected chi connectivity index (χ3v) is 16.6. The first-order valence-electron chi connectivity index (χ1n) is 37.8. The number of unbranched alkanes of at least 4 members (excludes halogenated alkanes) is 41. The zero-order valence-corrected chi connectivity index (χ0v) is 59.1. The number of carboxylic acid groups (broad SMARTS) is 1. The van der Waals surface area contributed by atoms with Crippen LogP contribution in [0.3, 0.4) is 0 Å². The van der Waals surface area contributed by atoms with Gasteiger partial charge < -0.3 is 28.5 Å². The summed E-state index contributed by atoms with van der Waals surface area (Å²) in [5, 5.41) is 9.76. The normalized spacial score (nSPS) is 13.1. The van der Waals surface area contributed by atoms with Gasteiger partial charge >= 0.3 is 17.9 Å². The Morgan fingerprint density at radius 3 is 0.955 bits per heavy atom. The largest absolute Gasteiger partial charge is 0.477 e. The Hall–Kier alpha value is -3.53. The molecule has 0 aliphatic rings. The van der Waals surface area contributed by atoms with Gasteiger partial charge in [-0.1, -0.05) is 330 Å². The van der Waals surface area contributed by atoms with Crippen LogP contribution in [0.25, 0.3) is 0 Å². The predicted molar refractivity (Wildman–Crippen MR) is 382 cm³/mol. The lowest BCUT2D eigenvalue weighted by Crippen LogP contribution is -2.40. The maximum absolute atomic E-state index is 13.0. The molecule has 0 aliphatic heterocycles. The van der Waals surface area contributed by atoms with E-state index in [-0.39, 0.29) is 38.2 Å². The Kier molecular flexibility index (Phi) is 67.6. The van der Waals surface area contributed by atoms with Crippen LogP contribution >= 0.6 is 0 Å². The Bertz CT molecular complexity index is 1740. The Balaban J connectivity index is 4.04. The quantitative estimate of drug-likeness (QED) is 0.0211. The molecule has 0 saturated carbocycles. The van der Waals surface area contributed by atoms with Gasteiger partial charge in [0, 0.05) is 12.8 Å². The second-order valence-electron chi connectivity index (χ2n) is 26.6. The number of ether oxygens (including phenoxy) is 4. The highest BCUT2D eigenvalue weighted by Crippen LogP contribution is 2.19. The summed E-state index contributed by atoms with van der Waals surface area (Å²) in [5.74, 6) is -1.98. The standard InChI is InChI=1S/C80H143NO8/c1-6-8-10-12-14-16-18-20-22-24-26-28-30-32-34-36-38-39-41-42-44-46-48-50-52-54-56-58-60-62-64-66-68-70-77(82)87-74-76(75-88-80(79(84)85)86-73-72-81(3,4)5)89-78(83)71-69-67-65-63-61-59-57-55-53-51-49-47-45-43-40-37-35-33-31-29-27-25-23-21-19-17-15-13-11-9-7-2/h9,11,15,17-18,20-21,23-24,26-27,29-30,32,76,80H,6-8,10,12-14,16,19,22,25,28,31,33-75H2,1-5H3/p+1/b11-9-,17-15-,20-18-,23-21-,26-24-,29-27-,32-30-. The maximum atomic E-state index is 13.0. The summed E-state index contributed by atoms with van der Waals surface area (Å²) < 4.78 is 23.0. The molecule has 2 atom stereocenters. The van der Waals surface area contributed by atoms with E-state index in [4.69, 9.17) is 18.9 Å². The first-order chi connectivity index (χ1) is 43.6. The summed E-state index contributed by atoms with van der Waals surface area (Å²) >= 11 is 0. The minimum atomic E-state index is -1.51. The second-order valence-corrected chi connectivity index (χ2v) is 26.6. The SMILES string of the molecule is CC/C=C\C/C=C\C/C=C\C/C=C\CCCCCCCCCCCCCCCCCCCCC(=O)OC(COC(=O)CCCCCCCCCCCCCCCCCCCC/C=C\C/C=C\C/C=C\CCCCCCC)COC(OCC[N+](C)(C)C)C(=O)O. The molecule has 0 aromatic carbocycles. The number of rotatable bonds is 70. The van der Waals surface area contributed by atoms with E-state index < -0.39 is 18.4 Å². The Morgan fingerprint density at radius 1 is 0.348 bits per heavy atom. The van der Waals surface area contributed by atoms with E-state index in [1.807, 2.05) is 21.1 Å². The molecule has 1 N–H and O–H groups in total. The molecular formula is C80H144NO8+. The molecule has 0 bridgehead atoms. The van der Waals surface area contributed by atoms with E-state index in [0.717, 1.165) is 77.0 Å². The molecule has 0 heterocycles. The van der Waals surface area contributed by atoms with Crippen molar-refractivity contribution in [3.63, 3.8) is 0 Å². The molecule has 89 heavy (non-hydrogen) atoms. The first kappa shape index (κ1) is 85.5. The highest BCUT2D eigenvalue weighted by atomic mass is 16.7. The van der Waals surface area contributed by atoms with E-state index in [1.54, 1.807) is 0 Å². The molecule has 0 rings (SSSR count). The van der Waals surface area contributed by atoms with E-state index in [0.29, 0.717) is 17.4 Å². The van der Waals surface area contributed by atoms with Crippen LogP contribution in [0.2, 0.25) is 0 Å². The third-order valence-electron chi connectivity index (χ3n) is 16.6. The third kappa shape index (κ3) is 71.8. The van der Waals surface area contributed by atoms with Crippen molar-refractivity contribution in [2.24, 2.45) is 0 Å². The number of quaternary nitrogens is 1. The highest BCUT2D eigenvalue weighted by Gasteiger charge is 2.25. The summed E-state index contributed by atoms with van der Waals surface area (Å²) in [6.45, 7) is 4.80. The van der Waals surface area contributed by atoms with Crippen LogP contribution in [0.1, 0.15) is 348 Å². The second kappa shape index (κ2) is 70.3. The van der Waals surface area contributed by atoms with Crippen LogP contribution in [-0.4, -0.2) is 87.4 Å². The van der Waals surface area contributed by atoms with Crippen molar-refractivity contribution < 1.29 is 42.9 Å². The number of carbonyl (C=O) groups excluding carboxylic acids is 2. The fraction of sp³-hybridized carbons (Fsp3) is 0.787. The molecular weight excluding hydrogens is 1100 g/mol. The van der Waals surface area contributed by atoms with Gasteiger partial charge in [-0.3, -0.25) is 9.59 Å². The number of carboxylic acids is 1. The Labute approximate surface area is 550 Å². The molecule has 0 amide bonds. The minimum absolute atomic E-state index is 0.180. The Morgan fingerprint density at radius 2 is 0.640 bits per heavy atom. The van der Waals surface area contributed by atoms with Crippen molar-refractivity contribution in [2.45, 2.75) is 360 Å². The highest BCUT2D eigenvalue weighted by molar-refractivity contribution is 5.71. The van der Waals surface area contributed by atoms with Crippen molar-refractivity contribution in [3.05, 3.63) is 85.1 Å². The van der Waals surface area contributed by atoms with Gasteiger partial charge in [0.05, 0.1) is 34.4 Å². The molecule has 516 valence electrons. The van der Waals surface area contributed by atoms with E-state index in [9.17, 15) is 19.5 Å². The van der Waals surface area contributed by atoms with Gasteiger partial charge in [-0.25, -0.2) is 4.79 Å². The lowest BCUT2D eigenvalue weighted by molar-refractivity contribution is -0.870. The van der Waals surface area contributed by atoms with Gasteiger partial charge in [-0.15, -0.1) is 0 Å². The van der Waals surface area contributed by atoms with Gasteiger partial charge in [0.2, 0.25) is 0 Å². The number of esters is 2. The molecule has 0 radical (unpaired) electrons. The van der Waals surface area contributed by atoms with E-state index in [1.165, 1.54) is 244 Å². The molecule has 0 aromatic rings. The summed E-state index contributed by atoms with van der Waals surface area (Å²) in [5.41, 5.74) is 0. The van der Waals surface area contributed by atoms with Gasteiger partial charge in [0.15, 0.2) is 6.10 Å². The van der Waals surface area contributed by atoms with Crippen LogP contribution in [0.4, 0.5) is 0 Å². The number of hydrogen-bond donors (Lipinski definition) is 1. The van der Waals surface area contributed by atoms with Crippen molar-refractivity contribution in [1.29, 1.82) is 0 Å². The molecule has 9 nitrogen and oxygen atoms in total. The minimum Gasteiger partial charge on any atom is -0.477 e. The predicted octanol–water partition coefficient (Wildman–Crippen LogP) is 23.8. The molecule has 9 heteroatoms. The molecule has 0 saturated heterocycles. The topological polar surface area (TPSA) is 108 Å². The molecule has 2 unspecified atom stereocenters. The van der Waals surface area contributed by atoms with Crippen molar-refractivity contribution in [2.75, 3.05) is 47.5 Å². The molecule has 0 spiro atoms. The fourth-order valence-electron chi connectivity index (χ4n) is 10.9. The zero-order chi connectivity index (χ0) is 64.7. The number of carbonyl (C=O) groups is 3. The van der Waals surface area contributed by atoms with Crippen molar-refractivity contribution in [1.82, 2.24) is 0 Å². The first-order valence-corrected chi connectivity index (χ1v) is 37.8. The molecule has 0 aromatic heterocycles. The van der Waals surface area contributed by atoms with Crippen LogP contribution < -0.4 is 0 Å². The fourth-order valence-corrected chi connectivity index (χ4v) is 10.9. The summed E-state index contributed by atoms with van der Waals surface area (Å²) in [6, 6.07) is 0. The number of allylic oxidation sites excluding steroid dienone is 14. The lowest BCUT2D eigenvalue weighted by atomic mass is 10.0. The molecule has 0 fully saturated rings.